The van der Waals surface area contributed by atoms with Crippen LogP contribution in [0.1, 0.15) is 25.3 Å². The van der Waals surface area contributed by atoms with Crippen LogP contribution in [0.15, 0.2) is 35.3 Å². The topological polar surface area (TPSA) is 29.4 Å². The maximum atomic E-state index is 10.3. The van der Waals surface area contributed by atoms with Gasteiger partial charge in [-0.25, -0.2) is 0 Å². The molecule has 0 saturated heterocycles. The fourth-order valence-electron chi connectivity index (χ4n) is 1.70. The number of aliphatic imine (C=N–C) groups is 1. The molecule has 0 bridgehead atoms. The molecule has 72 valence electrons. The number of rotatable bonds is 4. The lowest BCUT2D eigenvalue weighted by molar-refractivity contribution is -0.108. The van der Waals surface area contributed by atoms with Crippen LogP contribution in [0.3, 0.4) is 0 Å². The Morgan fingerprint density at radius 3 is 2.71 bits per heavy atom. The number of nitrogens with zero attached hydrogens (tertiary/aromatic N) is 1. The summed E-state index contributed by atoms with van der Waals surface area (Å²) in [5, 5.41) is 0. The van der Waals surface area contributed by atoms with Gasteiger partial charge in [0.1, 0.15) is 11.8 Å². The van der Waals surface area contributed by atoms with Crippen LogP contribution in [-0.4, -0.2) is 17.5 Å². The highest BCUT2D eigenvalue weighted by atomic mass is 16.1. The Balaban J connectivity index is 2.04. The highest BCUT2D eigenvalue weighted by Gasteiger charge is 2.41. The van der Waals surface area contributed by atoms with Crippen LogP contribution in [0.4, 0.5) is 0 Å². The molecule has 0 fully saturated rings. The maximum Gasteiger partial charge on any atom is 0.120 e. The van der Waals surface area contributed by atoms with Gasteiger partial charge in [0.15, 0.2) is 0 Å². The van der Waals surface area contributed by atoms with Crippen molar-refractivity contribution < 1.29 is 4.79 Å². The molecule has 1 aromatic rings. The summed E-state index contributed by atoms with van der Waals surface area (Å²) in [6.07, 6.45) is 2.39. The van der Waals surface area contributed by atoms with E-state index in [4.69, 9.17) is 0 Å². The minimum atomic E-state index is -0.0672. The zero-order valence-electron chi connectivity index (χ0n) is 8.23. The van der Waals surface area contributed by atoms with Gasteiger partial charge in [0.25, 0.3) is 0 Å². The lowest BCUT2D eigenvalue weighted by Crippen LogP contribution is -2.14. The Hall–Kier alpha value is -1.44. The SMILES string of the molecule is CC1(CCC=O)N=C1c1ccccc1. The van der Waals surface area contributed by atoms with Crippen LogP contribution in [0.25, 0.3) is 0 Å². The summed E-state index contributed by atoms with van der Waals surface area (Å²) in [5.41, 5.74) is 2.25. The second-order valence-electron chi connectivity index (χ2n) is 3.81. The van der Waals surface area contributed by atoms with Gasteiger partial charge in [0.05, 0.1) is 5.71 Å². The number of benzene rings is 1. The molecule has 14 heavy (non-hydrogen) atoms. The first-order valence-electron chi connectivity index (χ1n) is 4.86. The Labute approximate surface area is 83.7 Å². The van der Waals surface area contributed by atoms with E-state index in [9.17, 15) is 4.79 Å². The number of carbonyl (C=O) groups is 1. The largest absolute Gasteiger partial charge is 0.303 e. The lowest BCUT2D eigenvalue weighted by atomic mass is 9.96. The summed E-state index contributed by atoms with van der Waals surface area (Å²) in [5.74, 6) is 0. The van der Waals surface area contributed by atoms with Gasteiger partial charge >= 0.3 is 0 Å². The second kappa shape index (κ2) is 3.37. The van der Waals surface area contributed by atoms with Crippen LogP contribution in [0, 0.1) is 0 Å². The standard InChI is InChI=1S/C12H13NO/c1-12(8-5-9-14)11(13-12)10-6-3-2-4-7-10/h2-4,6-7,9H,5,8H2,1H3. The zero-order chi connectivity index (χ0) is 10.0. The van der Waals surface area contributed by atoms with E-state index < -0.39 is 0 Å². The van der Waals surface area contributed by atoms with Gasteiger partial charge < -0.3 is 4.79 Å². The molecule has 0 aromatic heterocycles. The predicted octanol–water partition coefficient (Wildman–Crippen LogP) is 2.23. The molecular weight excluding hydrogens is 174 g/mol. The van der Waals surface area contributed by atoms with Crippen LogP contribution >= 0.6 is 0 Å². The molecule has 2 rings (SSSR count). The van der Waals surface area contributed by atoms with Crippen molar-refractivity contribution in [3.05, 3.63) is 35.9 Å². The zero-order valence-corrected chi connectivity index (χ0v) is 8.23. The van der Waals surface area contributed by atoms with Crippen LogP contribution < -0.4 is 0 Å². The quantitative estimate of drug-likeness (QED) is 0.664. The number of hydrogen-bond donors (Lipinski definition) is 0. The molecule has 2 nitrogen and oxygen atoms in total. The van der Waals surface area contributed by atoms with E-state index in [0.29, 0.717) is 6.42 Å². The maximum absolute atomic E-state index is 10.3. The van der Waals surface area contributed by atoms with Gasteiger partial charge in [0.2, 0.25) is 0 Å². The molecule has 0 radical (unpaired) electrons. The Morgan fingerprint density at radius 1 is 1.36 bits per heavy atom. The normalized spacial score (nSPS) is 24.2. The first-order chi connectivity index (χ1) is 6.76. The predicted molar refractivity (Wildman–Crippen MR) is 56.7 cm³/mol. The second-order valence-corrected chi connectivity index (χ2v) is 3.81. The number of carbonyl (C=O) groups excluding carboxylic acids is 1. The molecule has 0 aliphatic carbocycles. The lowest BCUT2D eigenvalue weighted by Gasteiger charge is -2.05. The Kier molecular flexibility index (Phi) is 2.20. The van der Waals surface area contributed by atoms with E-state index in [-0.39, 0.29) is 5.54 Å². The summed E-state index contributed by atoms with van der Waals surface area (Å²) in [4.78, 5) is 14.7. The minimum absolute atomic E-state index is 0.0672. The van der Waals surface area contributed by atoms with Crippen LogP contribution in [0.2, 0.25) is 0 Å². The van der Waals surface area contributed by atoms with Crippen molar-refractivity contribution in [1.82, 2.24) is 0 Å². The van der Waals surface area contributed by atoms with E-state index in [1.807, 2.05) is 18.2 Å². The minimum Gasteiger partial charge on any atom is -0.303 e. The van der Waals surface area contributed by atoms with Crippen molar-refractivity contribution in [2.45, 2.75) is 25.3 Å². The summed E-state index contributed by atoms with van der Waals surface area (Å²) < 4.78 is 0. The monoisotopic (exact) mass is 187 g/mol. The van der Waals surface area contributed by atoms with Gasteiger partial charge in [-0.2, -0.15) is 0 Å². The highest BCUT2D eigenvalue weighted by Crippen LogP contribution is 2.35. The molecule has 0 spiro atoms. The van der Waals surface area contributed by atoms with E-state index in [2.05, 4.69) is 24.0 Å². The van der Waals surface area contributed by atoms with E-state index >= 15 is 0 Å². The van der Waals surface area contributed by atoms with Gasteiger partial charge in [-0.05, 0) is 18.9 Å². The van der Waals surface area contributed by atoms with E-state index in [0.717, 1.165) is 18.4 Å². The molecule has 1 aliphatic heterocycles. The van der Waals surface area contributed by atoms with E-state index in [1.54, 1.807) is 0 Å². The average molecular weight is 187 g/mol. The third-order valence-corrected chi connectivity index (χ3v) is 2.61. The third-order valence-electron chi connectivity index (χ3n) is 2.61. The molecule has 1 atom stereocenters. The summed E-state index contributed by atoms with van der Waals surface area (Å²) in [7, 11) is 0. The first-order valence-corrected chi connectivity index (χ1v) is 4.86. The van der Waals surface area contributed by atoms with Crippen molar-refractivity contribution in [3.63, 3.8) is 0 Å². The molecule has 0 N–H and O–H groups in total. The molecule has 0 saturated carbocycles. The molecule has 1 aliphatic rings. The fraction of sp³-hybridized carbons (Fsp3) is 0.333. The first kappa shape index (κ1) is 9.13. The molecule has 1 aromatic carbocycles. The van der Waals surface area contributed by atoms with Crippen LogP contribution in [-0.2, 0) is 4.79 Å². The molecule has 2 heteroatoms. The number of hydrogen-bond acceptors (Lipinski definition) is 2. The molecule has 1 unspecified atom stereocenters. The molecule has 0 amide bonds. The molecule has 1 heterocycles. The van der Waals surface area contributed by atoms with Gasteiger partial charge in [-0.3, -0.25) is 4.99 Å². The summed E-state index contributed by atoms with van der Waals surface area (Å²) in [6.45, 7) is 2.08. The summed E-state index contributed by atoms with van der Waals surface area (Å²) >= 11 is 0. The highest BCUT2D eigenvalue weighted by molar-refractivity contribution is 6.16. The van der Waals surface area contributed by atoms with Gasteiger partial charge in [-0.1, -0.05) is 30.3 Å². The average Bonchev–Trinajstić information content (AvgIpc) is 2.90. The van der Waals surface area contributed by atoms with E-state index in [1.165, 1.54) is 5.56 Å². The van der Waals surface area contributed by atoms with Crippen molar-refractivity contribution in [1.29, 1.82) is 0 Å². The fourth-order valence-corrected chi connectivity index (χ4v) is 1.70. The van der Waals surface area contributed by atoms with Crippen molar-refractivity contribution >= 4 is 12.0 Å². The third kappa shape index (κ3) is 1.60. The summed E-state index contributed by atoms with van der Waals surface area (Å²) in [6, 6.07) is 10.1. The van der Waals surface area contributed by atoms with Gasteiger partial charge in [-0.15, -0.1) is 0 Å². The smallest absolute Gasteiger partial charge is 0.120 e. The Morgan fingerprint density at radius 2 is 2.07 bits per heavy atom. The number of aldehydes is 1. The van der Waals surface area contributed by atoms with Crippen molar-refractivity contribution in [3.8, 4) is 0 Å². The Bertz CT molecular complexity index is 369. The van der Waals surface area contributed by atoms with Crippen molar-refractivity contribution in [2.24, 2.45) is 4.99 Å². The van der Waals surface area contributed by atoms with Crippen LogP contribution in [0.5, 0.6) is 0 Å². The molecular formula is C12H13NO. The van der Waals surface area contributed by atoms with Crippen molar-refractivity contribution in [2.75, 3.05) is 0 Å². The van der Waals surface area contributed by atoms with Gasteiger partial charge in [0, 0.05) is 6.42 Å².